The van der Waals surface area contributed by atoms with E-state index in [1.165, 1.54) is 5.39 Å². The molecule has 0 saturated carbocycles. The van der Waals surface area contributed by atoms with E-state index in [2.05, 4.69) is 29.4 Å². The maximum atomic E-state index is 11.2. The zero-order valence-corrected chi connectivity index (χ0v) is 10.7. The molecule has 0 radical (unpaired) electrons. The van der Waals surface area contributed by atoms with Crippen LogP contribution < -0.4 is 0 Å². The summed E-state index contributed by atoms with van der Waals surface area (Å²) in [5.41, 5.74) is 0.504. The molecule has 0 fully saturated rings. The van der Waals surface area contributed by atoms with E-state index in [9.17, 15) is 4.91 Å². The molecule has 0 atom stereocenters. The average Bonchev–Trinajstić information content (AvgIpc) is 2.53. The summed E-state index contributed by atoms with van der Waals surface area (Å²) >= 11 is 0. The minimum atomic E-state index is 0.504. The van der Waals surface area contributed by atoms with Crippen LogP contribution in [0.3, 0.4) is 0 Å². The van der Waals surface area contributed by atoms with Gasteiger partial charge in [0, 0.05) is 5.39 Å². The summed E-state index contributed by atoms with van der Waals surface area (Å²) < 4.78 is 0. The average molecular weight is 257 g/mol. The van der Waals surface area contributed by atoms with Crippen molar-refractivity contribution in [3.63, 3.8) is 0 Å². The number of fused-ring (bicyclic) bond motifs is 5. The minimum absolute atomic E-state index is 0.504. The van der Waals surface area contributed by atoms with Crippen molar-refractivity contribution in [1.29, 1.82) is 0 Å². The van der Waals surface area contributed by atoms with Gasteiger partial charge in [-0.3, -0.25) is 0 Å². The van der Waals surface area contributed by atoms with Gasteiger partial charge in [0.1, 0.15) is 5.69 Å². The van der Waals surface area contributed by atoms with E-state index < -0.39 is 0 Å². The normalized spacial score (nSPS) is 11.2. The molecule has 0 bridgehead atoms. The third kappa shape index (κ3) is 1.45. The number of hydrogen-bond donors (Lipinski definition) is 0. The van der Waals surface area contributed by atoms with Gasteiger partial charge in [-0.05, 0) is 38.2 Å². The molecule has 4 rings (SSSR count). The smallest absolute Gasteiger partial charge is 0.116 e. The summed E-state index contributed by atoms with van der Waals surface area (Å²) in [6.45, 7) is 0. The van der Waals surface area contributed by atoms with Crippen molar-refractivity contribution in [1.82, 2.24) is 0 Å². The van der Waals surface area contributed by atoms with Crippen LogP contribution in [0.25, 0.3) is 32.3 Å². The van der Waals surface area contributed by atoms with Gasteiger partial charge < -0.3 is 0 Å². The summed E-state index contributed by atoms with van der Waals surface area (Å²) in [6, 6.07) is 22.3. The van der Waals surface area contributed by atoms with Gasteiger partial charge in [0.2, 0.25) is 0 Å². The van der Waals surface area contributed by atoms with Crippen LogP contribution in [-0.2, 0) is 0 Å². The van der Waals surface area contributed by atoms with Gasteiger partial charge in [0.05, 0.1) is 0 Å². The first-order valence-electron chi connectivity index (χ1n) is 6.55. The third-order valence-corrected chi connectivity index (χ3v) is 3.84. The highest BCUT2D eigenvalue weighted by Gasteiger charge is 2.08. The van der Waals surface area contributed by atoms with Crippen molar-refractivity contribution in [3.05, 3.63) is 71.6 Å². The molecule has 0 unspecified atom stereocenters. The molecular formula is C18H11NO. The quantitative estimate of drug-likeness (QED) is 0.325. The fraction of sp³-hybridized carbons (Fsp3) is 0. The number of hydrogen-bond acceptors (Lipinski definition) is 2. The molecule has 2 nitrogen and oxygen atoms in total. The van der Waals surface area contributed by atoms with E-state index in [1.807, 2.05) is 42.5 Å². The lowest BCUT2D eigenvalue weighted by molar-refractivity contribution is 1.56. The van der Waals surface area contributed by atoms with Crippen molar-refractivity contribution in [2.45, 2.75) is 0 Å². The lowest BCUT2D eigenvalue weighted by atomic mass is 9.96. The third-order valence-electron chi connectivity index (χ3n) is 3.84. The maximum Gasteiger partial charge on any atom is 0.116 e. The highest BCUT2D eigenvalue weighted by Crippen LogP contribution is 2.36. The minimum Gasteiger partial charge on any atom is -0.145 e. The first kappa shape index (κ1) is 11.1. The molecule has 20 heavy (non-hydrogen) atoms. The zero-order valence-electron chi connectivity index (χ0n) is 10.7. The molecule has 4 aromatic carbocycles. The van der Waals surface area contributed by atoms with Gasteiger partial charge >= 0.3 is 0 Å². The molecule has 0 aliphatic carbocycles. The molecular weight excluding hydrogens is 246 g/mol. The second kappa shape index (κ2) is 4.14. The van der Waals surface area contributed by atoms with E-state index >= 15 is 0 Å². The van der Waals surface area contributed by atoms with E-state index in [4.69, 9.17) is 0 Å². The SMILES string of the molecule is O=Nc1cc2c3ccccc3ccc2c2ccccc12. The monoisotopic (exact) mass is 257 g/mol. The second-order valence-electron chi connectivity index (χ2n) is 4.91. The van der Waals surface area contributed by atoms with Crippen molar-refractivity contribution < 1.29 is 0 Å². The Kier molecular flexibility index (Phi) is 2.30. The Morgan fingerprint density at radius 1 is 0.600 bits per heavy atom. The Morgan fingerprint density at radius 3 is 2.05 bits per heavy atom. The Morgan fingerprint density at radius 2 is 1.25 bits per heavy atom. The number of benzene rings is 4. The van der Waals surface area contributed by atoms with Gasteiger partial charge in [-0.1, -0.05) is 60.7 Å². The zero-order chi connectivity index (χ0) is 13.5. The predicted molar refractivity (Wildman–Crippen MR) is 84.4 cm³/mol. The summed E-state index contributed by atoms with van der Waals surface area (Å²) in [6.07, 6.45) is 0. The van der Waals surface area contributed by atoms with E-state index in [0.29, 0.717) is 5.69 Å². The van der Waals surface area contributed by atoms with E-state index in [1.54, 1.807) is 0 Å². The fourth-order valence-corrected chi connectivity index (χ4v) is 2.92. The van der Waals surface area contributed by atoms with Crippen LogP contribution in [0.4, 0.5) is 5.69 Å². The highest BCUT2D eigenvalue weighted by atomic mass is 16.3. The molecule has 0 amide bonds. The van der Waals surface area contributed by atoms with Crippen LogP contribution in [0.1, 0.15) is 0 Å². The Labute approximate surface area is 115 Å². The summed E-state index contributed by atoms with van der Waals surface area (Å²) in [5, 5.41) is 9.75. The van der Waals surface area contributed by atoms with Crippen LogP contribution in [-0.4, -0.2) is 0 Å². The highest BCUT2D eigenvalue weighted by molar-refractivity contribution is 6.20. The summed E-state index contributed by atoms with van der Waals surface area (Å²) in [7, 11) is 0. The van der Waals surface area contributed by atoms with Crippen LogP contribution in [0, 0.1) is 4.91 Å². The van der Waals surface area contributed by atoms with Gasteiger partial charge in [-0.15, -0.1) is 4.91 Å². The van der Waals surface area contributed by atoms with Crippen molar-refractivity contribution >= 4 is 38.0 Å². The molecule has 0 heterocycles. The van der Waals surface area contributed by atoms with Crippen LogP contribution >= 0.6 is 0 Å². The second-order valence-corrected chi connectivity index (χ2v) is 4.91. The molecule has 0 N–H and O–H groups in total. The molecule has 2 heteroatoms. The Bertz CT molecular complexity index is 973. The molecule has 0 aliphatic heterocycles. The van der Waals surface area contributed by atoms with Crippen molar-refractivity contribution in [2.75, 3.05) is 0 Å². The molecule has 0 spiro atoms. The molecule has 0 aliphatic rings. The molecule has 0 aromatic heterocycles. The Hall–Kier alpha value is -2.74. The van der Waals surface area contributed by atoms with Crippen molar-refractivity contribution in [2.24, 2.45) is 5.18 Å². The predicted octanol–water partition coefficient (Wildman–Crippen LogP) is 5.54. The van der Waals surface area contributed by atoms with Gasteiger partial charge in [0.15, 0.2) is 0 Å². The number of nitroso groups, excluding NO2 is 1. The standard InChI is InChI=1S/C18H11NO/c20-19-18-11-17-13-6-2-1-5-12(13)9-10-15(17)14-7-3-4-8-16(14)18/h1-11H. The topological polar surface area (TPSA) is 29.4 Å². The molecule has 4 aromatic rings. The fourth-order valence-electron chi connectivity index (χ4n) is 2.92. The van der Waals surface area contributed by atoms with Crippen LogP contribution in [0.5, 0.6) is 0 Å². The molecule has 94 valence electrons. The molecule has 0 saturated heterocycles. The summed E-state index contributed by atoms with van der Waals surface area (Å²) in [4.78, 5) is 11.2. The van der Waals surface area contributed by atoms with Crippen LogP contribution in [0.15, 0.2) is 71.9 Å². The number of rotatable bonds is 1. The first-order chi connectivity index (χ1) is 9.88. The summed E-state index contributed by atoms with van der Waals surface area (Å²) in [5.74, 6) is 0. The van der Waals surface area contributed by atoms with Crippen molar-refractivity contribution in [3.8, 4) is 0 Å². The van der Waals surface area contributed by atoms with Gasteiger partial charge in [-0.2, -0.15) is 0 Å². The van der Waals surface area contributed by atoms with E-state index in [-0.39, 0.29) is 0 Å². The lowest BCUT2D eigenvalue weighted by Gasteiger charge is -2.08. The van der Waals surface area contributed by atoms with E-state index in [0.717, 1.165) is 26.9 Å². The van der Waals surface area contributed by atoms with Gasteiger partial charge in [-0.25, -0.2) is 0 Å². The first-order valence-corrected chi connectivity index (χ1v) is 6.55. The van der Waals surface area contributed by atoms with Crippen LogP contribution in [0.2, 0.25) is 0 Å². The lowest BCUT2D eigenvalue weighted by Crippen LogP contribution is -1.81. The number of nitrogens with zero attached hydrogens (tertiary/aromatic N) is 1. The maximum absolute atomic E-state index is 11.2. The Balaban J connectivity index is 2.34. The van der Waals surface area contributed by atoms with Gasteiger partial charge in [0.25, 0.3) is 0 Å². The largest absolute Gasteiger partial charge is 0.145 e.